The third kappa shape index (κ3) is 3.98. The van der Waals surface area contributed by atoms with Crippen molar-refractivity contribution in [3.8, 4) is 0 Å². The smallest absolute Gasteiger partial charge is 0.254 e. The van der Waals surface area contributed by atoms with Gasteiger partial charge in [0, 0.05) is 30.4 Å². The summed E-state index contributed by atoms with van der Waals surface area (Å²) in [6.07, 6.45) is 2.47. The van der Waals surface area contributed by atoms with Crippen LogP contribution in [-0.2, 0) is 10.0 Å². The van der Waals surface area contributed by atoms with Gasteiger partial charge in [0.1, 0.15) is 0 Å². The summed E-state index contributed by atoms with van der Waals surface area (Å²) in [6.45, 7) is 3.01. The largest absolute Gasteiger partial charge is 0.334 e. The highest BCUT2D eigenvalue weighted by Crippen LogP contribution is 2.20. The van der Waals surface area contributed by atoms with Gasteiger partial charge in [-0.1, -0.05) is 6.92 Å². The third-order valence-electron chi connectivity index (χ3n) is 3.79. The summed E-state index contributed by atoms with van der Waals surface area (Å²) in [6, 6.07) is 6.65. The maximum atomic E-state index is 12.4. The lowest BCUT2D eigenvalue weighted by Crippen LogP contribution is -2.39. The normalized spacial score (nSPS) is 18.5. The Bertz CT molecular complexity index is 613. The molecular weight excluding hydrogens is 302 g/mol. The second kappa shape index (κ2) is 7.11. The fourth-order valence-electron chi connectivity index (χ4n) is 2.69. The molecule has 1 saturated heterocycles. The molecule has 0 aliphatic carbocycles. The number of hydrogen-bond acceptors (Lipinski definition) is 4. The van der Waals surface area contributed by atoms with E-state index in [0.29, 0.717) is 24.2 Å². The molecule has 7 heteroatoms. The molecule has 0 radical (unpaired) electrons. The summed E-state index contributed by atoms with van der Waals surface area (Å²) in [5.74, 6) is 0.0375. The van der Waals surface area contributed by atoms with Crippen molar-refractivity contribution < 1.29 is 13.2 Å². The van der Waals surface area contributed by atoms with E-state index in [1.807, 2.05) is 6.92 Å². The summed E-state index contributed by atoms with van der Waals surface area (Å²) in [4.78, 5) is 14.2. The molecule has 1 aliphatic rings. The second-order valence-electron chi connectivity index (χ2n) is 5.53. The first-order chi connectivity index (χ1) is 10.5. The van der Waals surface area contributed by atoms with Crippen LogP contribution in [-0.4, -0.2) is 44.1 Å². The quantitative estimate of drug-likeness (QED) is 0.827. The van der Waals surface area contributed by atoms with Gasteiger partial charge in [0.15, 0.2) is 0 Å². The number of likely N-dealkylation sites (tertiary alicyclic amines) is 1. The predicted octanol–water partition coefficient (Wildman–Crippen LogP) is 1.40. The zero-order valence-corrected chi connectivity index (χ0v) is 13.6. The molecule has 6 nitrogen and oxygen atoms in total. The topological polar surface area (TPSA) is 92.5 Å². The van der Waals surface area contributed by atoms with Gasteiger partial charge in [-0.15, -0.1) is 0 Å². The summed E-state index contributed by atoms with van der Waals surface area (Å²) < 4.78 is 25.9. The van der Waals surface area contributed by atoms with E-state index in [9.17, 15) is 13.2 Å². The number of anilines is 1. The first-order valence-corrected chi connectivity index (χ1v) is 9.23. The molecule has 1 atom stereocenters. The van der Waals surface area contributed by atoms with Crippen LogP contribution in [0.4, 0.5) is 5.69 Å². The molecule has 1 heterocycles. The number of nitrogens with zero attached hydrogens (tertiary/aromatic N) is 1. The molecule has 0 spiro atoms. The van der Waals surface area contributed by atoms with E-state index >= 15 is 0 Å². The molecule has 1 aromatic carbocycles. The number of sulfonamides is 1. The van der Waals surface area contributed by atoms with Crippen LogP contribution in [0.2, 0.25) is 0 Å². The Balaban J connectivity index is 2.07. The molecule has 0 bridgehead atoms. The van der Waals surface area contributed by atoms with E-state index in [-0.39, 0.29) is 17.7 Å². The molecule has 0 aromatic heterocycles. The number of nitrogens with two attached hydrogens (primary N) is 1. The number of benzene rings is 1. The Morgan fingerprint density at radius 3 is 2.64 bits per heavy atom. The maximum Gasteiger partial charge on any atom is 0.254 e. The molecule has 122 valence electrons. The van der Waals surface area contributed by atoms with Crippen molar-refractivity contribution >= 4 is 21.6 Å². The standard InChI is InChI=1S/C15H23N3O3S/c1-2-10-22(20,21)17-13-7-5-12(6-8-13)15(19)18-9-3-4-14(18)11-16/h5-8,14,17H,2-4,9-11,16H2,1H3. The van der Waals surface area contributed by atoms with Crippen molar-refractivity contribution in [1.82, 2.24) is 4.90 Å². The van der Waals surface area contributed by atoms with E-state index in [4.69, 9.17) is 5.73 Å². The van der Waals surface area contributed by atoms with Crippen molar-refractivity contribution in [2.24, 2.45) is 5.73 Å². The Morgan fingerprint density at radius 1 is 1.36 bits per heavy atom. The van der Waals surface area contributed by atoms with E-state index in [1.165, 1.54) is 0 Å². The number of hydrogen-bond donors (Lipinski definition) is 2. The Kier molecular flexibility index (Phi) is 5.42. The highest BCUT2D eigenvalue weighted by atomic mass is 32.2. The van der Waals surface area contributed by atoms with Crippen molar-refractivity contribution in [2.45, 2.75) is 32.2 Å². The Morgan fingerprint density at radius 2 is 2.05 bits per heavy atom. The molecule has 1 unspecified atom stereocenters. The summed E-state index contributed by atoms with van der Waals surface area (Å²) in [7, 11) is -3.31. The number of nitrogens with one attached hydrogen (secondary N) is 1. The third-order valence-corrected chi connectivity index (χ3v) is 5.28. The molecule has 1 amide bonds. The van der Waals surface area contributed by atoms with Gasteiger partial charge < -0.3 is 10.6 Å². The summed E-state index contributed by atoms with van der Waals surface area (Å²) in [5, 5.41) is 0. The number of carbonyl (C=O) groups excluding carboxylic acids is 1. The van der Waals surface area contributed by atoms with Crippen LogP contribution in [0.1, 0.15) is 36.5 Å². The van der Waals surface area contributed by atoms with Crippen molar-refractivity contribution in [1.29, 1.82) is 0 Å². The van der Waals surface area contributed by atoms with Crippen LogP contribution in [0.5, 0.6) is 0 Å². The van der Waals surface area contributed by atoms with Crippen molar-refractivity contribution in [3.05, 3.63) is 29.8 Å². The zero-order chi connectivity index (χ0) is 16.2. The van der Waals surface area contributed by atoms with Crippen LogP contribution < -0.4 is 10.5 Å². The first kappa shape index (κ1) is 16.8. The minimum Gasteiger partial charge on any atom is -0.334 e. The predicted molar refractivity (Wildman–Crippen MR) is 87.3 cm³/mol. The number of amides is 1. The van der Waals surface area contributed by atoms with Gasteiger partial charge in [-0.3, -0.25) is 9.52 Å². The van der Waals surface area contributed by atoms with Crippen LogP contribution in [0.25, 0.3) is 0 Å². The number of rotatable bonds is 6. The SMILES string of the molecule is CCCS(=O)(=O)Nc1ccc(C(=O)N2CCCC2CN)cc1. The van der Waals surface area contributed by atoms with Crippen molar-refractivity contribution in [3.63, 3.8) is 0 Å². The molecule has 1 aromatic rings. The zero-order valence-electron chi connectivity index (χ0n) is 12.8. The minimum absolute atomic E-state index is 0.0454. The van der Waals surface area contributed by atoms with Crippen LogP contribution >= 0.6 is 0 Å². The van der Waals surface area contributed by atoms with E-state index in [2.05, 4.69) is 4.72 Å². The highest BCUT2D eigenvalue weighted by Gasteiger charge is 2.28. The second-order valence-corrected chi connectivity index (χ2v) is 7.37. The highest BCUT2D eigenvalue weighted by molar-refractivity contribution is 7.92. The fraction of sp³-hybridized carbons (Fsp3) is 0.533. The lowest BCUT2D eigenvalue weighted by atomic mass is 10.1. The molecule has 22 heavy (non-hydrogen) atoms. The first-order valence-electron chi connectivity index (χ1n) is 7.58. The summed E-state index contributed by atoms with van der Waals surface area (Å²) in [5.41, 5.74) is 6.72. The number of carbonyl (C=O) groups is 1. The molecule has 2 rings (SSSR count). The van der Waals surface area contributed by atoms with Crippen molar-refractivity contribution in [2.75, 3.05) is 23.6 Å². The molecule has 1 aliphatic heterocycles. The molecule has 3 N–H and O–H groups in total. The molecule has 0 saturated carbocycles. The van der Waals surface area contributed by atoms with Gasteiger partial charge in [-0.2, -0.15) is 0 Å². The van der Waals surface area contributed by atoms with Gasteiger partial charge in [-0.25, -0.2) is 8.42 Å². The van der Waals surface area contributed by atoms with E-state index < -0.39 is 10.0 Å². The average Bonchev–Trinajstić information content (AvgIpc) is 2.95. The Labute approximate surface area is 131 Å². The van der Waals surface area contributed by atoms with E-state index in [0.717, 1.165) is 19.4 Å². The monoisotopic (exact) mass is 325 g/mol. The Hall–Kier alpha value is -1.60. The van der Waals surface area contributed by atoms with Crippen LogP contribution in [0, 0.1) is 0 Å². The average molecular weight is 325 g/mol. The maximum absolute atomic E-state index is 12.4. The summed E-state index contributed by atoms with van der Waals surface area (Å²) >= 11 is 0. The lowest BCUT2D eigenvalue weighted by Gasteiger charge is -2.23. The van der Waals surface area contributed by atoms with Crippen LogP contribution in [0.15, 0.2) is 24.3 Å². The van der Waals surface area contributed by atoms with E-state index in [1.54, 1.807) is 29.2 Å². The molecule has 1 fully saturated rings. The molecular formula is C15H23N3O3S. The van der Waals surface area contributed by atoms with Gasteiger partial charge in [-0.05, 0) is 43.5 Å². The lowest BCUT2D eigenvalue weighted by molar-refractivity contribution is 0.0741. The van der Waals surface area contributed by atoms with Gasteiger partial charge in [0.2, 0.25) is 10.0 Å². The minimum atomic E-state index is -3.31. The van der Waals surface area contributed by atoms with Gasteiger partial charge in [0.25, 0.3) is 5.91 Å². The fourth-order valence-corrected chi connectivity index (χ4v) is 3.83. The van der Waals surface area contributed by atoms with Crippen LogP contribution in [0.3, 0.4) is 0 Å². The van der Waals surface area contributed by atoms with Gasteiger partial charge in [0.05, 0.1) is 5.75 Å². The van der Waals surface area contributed by atoms with Gasteiger partial charge >= 0.3 is 0 Å².